The van der Waals surface area contributed by atoms with Crippen LogP contribution in [0.3, 0.4) is 0 Å². The van der Waals surface area contributed by atoms with Gasteiger partial charge in [-0.05, 0) is 26.4 Å². The molecule has 4 nitrogen and oxygen atoms in total. The topological polar surface area (TPSA) is 52.6 Å². The molecule has 14 heavy (non-hydrogen) atoms. The highest BCUT2D eigenvalue weighted by Crippen LogP contribution is 2.07. The maximum Gasteiger partial charge on any atom is 0.304 e. The molecule has 2 N–H and O–H groups in total. The van der Waals surface area contributed by atoms with Gasteiger partial charge in [-0.1, -0.05) is 6.42 Å². The van der Waals surface area contributed by atoms with Gasteiger partial charge in [0.1, 0.15) is 0 Å². The number of carboxylic acids is 1. The van der Waals surface area contributed by atoms with E-state index in [1.165, 1.54) is 19.3 Å². The van der Waals surface area contributed by atoms with Crippen LogP contribution in [0.4, 0.5) is 0 Å². The van der Waals surface area contributed by atoms with Crippen LogP contribution in [0.2, 0.25) is 0 Å². The van der Waals surface area contributed by atoms with Gasteiger partial charge in [0, 0.05) is 19.1 Å². The molecule has 1 rings (SSSR count). The summed E-state index contributed by atoms with van der Waals surface area (Å²) in [5, 5.41) is 12.0. The summed E-state index contributed by atoms with van der Waals surface area (Å²) in [6.45, 7) is 2.72. The van der Waals surface area contributed by atoms with E-state index >= 15 is 0 Å². The van der Waals surface area contributed by atoms with E-state index < -0.39 is 5.97 Å². The van der Waals surface area contributed by atoms with Crippen molar-refractivity contribution >= 4 is 5.97 Å². The molecule has 1 atom stereocenters. The Labute approximate surface area is 85.3 Å². The van der Waals surface area contributed by atoms with E-state index in [1.807, 2.05) is 7.05 Å². The van der Waals surface area contributed by atoms with Crippen molar-refractivity contribution in [3.8, 4) is 0 Å². The molecule has 0 amide bonds. The third kappa shape index (κ3) is 4.58. The fourth-order valence-corrected chi connectivity index (χ4v) is 1.83. The second kappa shape index (κ2) is 5.98. The van der Waals surface area contributed by atoms with Gasteiger partial charge in [0.25, 0.3) is 0 Å². The van der Waals surface area contributed by atoms with Gasteiger partial charge in [0.05, 0.1) is 6.42 Å². The molecule has 0 radical (unpaired) electrons. The fourth-order valence-electron chi connectivity index (χ4n) is 1.83. The number of piperidine rings is 1. The smallest absolute Gasteiger partial charge is 0.304 e. The quantitative estimate of drug-likeness (QED) is 0.680. The molecule has 1 fully saturated rings. The predicted octanol–water partition coefficient (Wildman–Crippen LogP) is 0.535. The molecule has 82 valence electrons. The molecular weight excluding hydrogens is 180 g/mol. The van der Waals surface area contributed by atoms with Gasteiger partial charge in [-0.3, -0.25) is 4.79 Å². The van der Waals surface area contributed by atoms with Crippen LogP contribution in [0.5, 0.6) is 0 Å². The first kappa shape index (κ1) is 11.5. The van der Waals surface area contributed by atoms with E-state index in [-0.39, 0.29) is 6.42 Å². The van der Waals surface area contributed by atoms with Gasteiger partial charge in [-0.25, -0.2) is 0 Å². The molecule has 0 saturated carbocycles. The van der Waals surface area contributed by atoms with Gasteiger partial charge < -0.3 is 15.3 Å². The molecule has 0 aromatic heterocycles. The minimum atomic E-state index is -0.714. The summed E-state index contributed by atoms with van der Waals surface area (Å²) in [4.78, 5) is 12.4. The SMILES string of the molecule is CN(CCC(=O)O)CC1CCCCN1. The lowest BCUT2D eigenvalue weighted by atomic mass is 10.0. The van der Waals surface area contributed by atoms with Crippen molar-refractivity contribution in [2.45, 2.75) is 31.7 Å². The Balaban J connectivity index is 2.11. The molecule has 4 heteroatoms. The zero-order chi connectivity index (χ0) is 10.4. The lowest BCUT2D eigenvalue weighted by Crippen LogP contribution is -2.42. The fraction of sp³-hybridized carbons (Fsp3) is 0.900. The van der Waals surface area contributed by atoms with E-state index in [2.05, 4.69) is 10.2 Å². The number of hydrogen-bond acceptors (Lipinski definition) is 3. The average Bonchev–Trinajstić information content (AvgIpc) is 2.16. The van der Waals surface area contributed by atoms with Crippen LogP contribution in [-0.4, -0.2) is 48.7 Å². The minimum Gasteiger partial charge on any atom is -0.481 e. The largest absolute Gasteiger partial charge is 0.481 e. The summed E-state index contributed by atoms with van der Waals surface area (Å²) in [7, 11) is 1.99. The maximum atomic E-state index is 10.4. The predicted molar refractivity (Wildman–Crippen MR) is 55.4 cm³/mol. The van der Waals surface area contributed by atoms with Gasteiger partial charge >= 0.3 is 5.97 Å². The lowest BCUT2D eigenvalue weighted by molar-refractivity contribution is -0.137. The van der Waals surface area contributed by atoms with Crippen molar-refractivity contribution < 1.29 is 9.90 Å². The number of nitrogens with one attached hydrogen (secondary N) is 1. The Kier molecular flexibility index (Phi) is 4.90. The summed E-state index contributed by atoms with van der Waals surface area (Å²) in [5.74, 6) is -0.714. The van der Waals surface area contributed by atoms with E-state index in [4.69, 9.17) is 5.11 Å². The van der Waals surface area contributed by atoms with Crippen molar-refractivity contribution in [1.29, 1.82) is 0 Å². The molecule has 1 saturated heterocycles. The number of rotatable bonds is 5. The summed E-state index contributed by atoms with van der Waals surface area (Å²) < 4.78 is 0. The van der Waals surface area contributed by atoms with Crippen molar-refractivity contribution in [3.05, 3.63) is 0 Å². The number of nitrogens with zero attached hydrogens (tertiary/aromatic N) is 1. The average molecular weight is 200 g/mol. The standard InChI is InChI=1S/C10H20N2O2/c1-12(7-5-10(13)14)8-9-4-2-3-6-11-9/h9,11H,2-8H2,1H3,(H,13,14). The Bertz CT molecular complexity index is 179. The molecule has 1 heterocycles. The summed E-state index contributed by atoms with van der Waals surface area (Å²) in [6.07, 6.45) is 4.03. The maximum absolute atomic E-state index is 10.4. The molecular formula is C10H20N2O2. The Morgan fingerprint density at radius 3 is 2.93 bits per heavy atom. The summed E-state index contributed by atoms with van der Waals surface area (Å²) in [6, 6.07) is 0.558. The first-order valence-electron chi connectivity index (χ1n) is 5.32. The van der Waals surface area contributed by atoms with Crippen LogP contribution in [0.15, 0.2) is 0 Å². The van der Waals surface area contributed by atoms with Crippen LogP contribution in [0, 0.1) is 0 Å². The number of carbonyl (C=O) groups is 1. The molecule has 0 aromatic carbocycles. The Morgan fingerprint density at radius 2 is 2.36 bits per heavy atom. The first-order valence-corrected chi connectivity index (χ1v) is 5.32. The van der Waals surface area contributed by atoms with Gasteiger partial charge in [-0.2, -0.15) is 0 Å². The minimum absolute atomic E-state index is 0.239. The molecule has 0 spiro atoms. The van der Waals surface area contributed by atoms with E-state index in [0.717, 1.165) is 13.1 Å². The lowest BCUT2D eigenvalue weighted by Gasteiger charge is -2.27. The Morgan fingerprint density at radius 1 is 1.57 bits per heavy atom. The highest BCUT2D eigenvalue weighted by Gasteiger charge is 2.14. The molecule has 0 aromatic rings. The molecule has 1 aliphatic heterocycles. The van der Waals surface area contributed by atoms with Gasteiger partial charge in [0.2, 0.25) is 0 Å². The molecule has 0 bridgehead atoms. The van der Waals surface area contributed by atoms with Gasteiger partial charge in [-0.15, -0.1) is 0 Å². The van der Waals surface area contributed by atoms with Crippen LogP contribution in [0.1, 0.15) is 25.7 Å². The number of aliphatic carboxylic acids is 1. The number of hydrogen-bond donors (Lipinski definition) is 2. The summed E-state index contributed by atoms with van der Waals surface area (Å²) in [5.41, 5.74) is 0. The third-order valence-corrected chi connectivity index (χ3v) is 2.65. The molecule has 1 aliphatic rings. The van der Waals surface area contributed by atoms with Crippen molar-refractivity contribution in [2.24, 2.45) is 0 Å². The zero-order valence-electron chi connectivity index (χ0n) is 8.83. The second-order valence-electron chi connectivity index (χ2n) is 4.05. The van der Waals surface area contributed by atoms with E-state index in [0.29, 0.717) is 12.6 Å². The van der Waals surface area contributed by atoms with Gasteiger partial charge in [0.15, 0.2) is 0 Å². The molecule has 1 unspecified atom stereocenters. The van der Waals surface area contributed by atoms with E-state index in [1.54, 1.807) is 0 Å². The molecule has 0 aliphatic carbocycles. The zero-order valence-corrected chi connectivity index (χ0v) is 8.83. The second-order valence-corrected chi connectivity index (χ2v) is 4.05. The van der Waals surface area contributed by atoms with Crippen molar-refractivity contribution in [2.75, 3.05) is 26.7 Å². The summed E-state index contributed by atoms with van der Waals surface area (Å²) >= 11 is 0. The highest BCUT2D eigenvalue weighted by atomic mass is 16.4. The third-order valence-electron chi connectivity index (χ3n) is 2.65. The Hall–Kier alpha value is -0.610. The number of likely N-dealkylation sites (N-methyl/N-ethyl adjacent to an activating group) is 1. The van der Waals surface area contributed by atoms with E-state index in [9.17, 15) is 4.79 Å². The normalized spacial score (nSPS) is 22.6. The van der Waals surface area contributed by atoms with Crippen LogP contribution in [0.25, 0.3) is 0 Å². The van der Waals surface area contributed by atoms with Crippen molar-refractivity contribution in [1.82, 2.24) is 10.2 Å². The van der Waals surface area contributed by atoms with Crippen LogP contribution >= 0.6 is 0 Å². The van der Waals surface area contributed by atoms with Crippen LogP contribution in [-0.2, 0) is 4.79 Å². The highest BCUT2D eigenvalue weighted by molar-refractivity contribution is 5.66. The van der Waals surface area contributed by atoms with Crippen LogP contribution < -0.4 is 5.32 Å². The van der Waals surface area contributed by atoms with Crippen molar-refractivity contribution in [3.63, 3.8) is 0 Å². The number of carboxylic acid groups (broad SMARTS) is 1. The monoisotopic (exact) mass is 200 g/mol. The first-order chi connectivity index (χ1) is 6.68.